The van der Waals surface area contributed by atoms with Gasteiger partial charge in [0, 0.05) is 7.05 Å². The van der Waals surface area contributed by atoms with Gasteiger partial charge in [-0.15, -0.1) is 0 Å². The maximum atomic E-state index is 12.6. The number of benzene rings is 2. The first kappa shape index (κ1) is 21.0. The molecule has 27 heavy (non-hydrogen) atoms. The fourth-order valence-corrected chi connectivity index (χ4v) is 3.47. The lowest BCUT2D eigenvalue weighted by atomic mass is 10.2. The maximum absolute atomic E-state index is 12.6. The van der Waals surface area contributed by atoms with Gasteiger partial charge in [0.05, 0.1) is 16.8 Å². The number of rotatable bonds is 9. The van der Waals surface area contributed by atoms with Crippen LogP contribution in [-0.2, 0) is 19.6 Å². The second-order valence-corrected chi connectivity index (χ2v) is 8.08. The Balaban J connectivity index is 1.93. The number of ether oxygens (including phenoxy) is 2. The molecule has 6 nitrogen and oxygen atoms in total. The van der Waals surface area contributed by atoms with Gasteiger partial charge in [0.1, 0.15) is 5.75 Å². The quantitative estimate of drug-likeness (QED) is 0.471. The van der Waals surface area contributed by atoms with E-state index in [-0.39, 0.29) is 18.0 Å². The number of sulfonamides is 1. The summed E-state index contributed by atoms with van der Waals surface area (Å²) in [5, 5.41) is 2.37. The first-order chi connectivity index (χ1) is 12.8. The van der Waals surface area contributed by atoms with Crippen molar-refractivity contribution in [3.05, 3.63) is 60.2 Å². The lowest BCUT2D eigenvalue weighted by Gasteiger charge is -2.21. The number of hydrogen-bond acceptors (Lipinski definition) is 6. The first-order valence-corrected chi connectivity index (χ1v) is 9.96. The Kier molecular flexibility index (Phi) is 7.46. The zero-order valence-electron chi connectivity index (χ0n) is 15.0. The Bertz CT molecular complexity index is 867. The topological polar surface area (TPSA) is 72.9 Å². The molecule has 1 unspecified atom stereocenters. The number of carbonyl (C=O) groups is 1. The molecule has 0 amide bonds. The molecule has 0 saturated heterocycles. The van der Waals surface area contributed by atoms with Crippen LogP contribution >= 0.6 is 12.2 Å². The van der Waals surface area contributed by atoms with E-state index in [0.29, 0.717) is 5.75 Å². The van der Waals surface area contributed by atoms with E-state index >= 15 is 0 Å². The number of esters is 1. The van der Waals surface area contributed by atoms with Gasteiger partial charge in [0.25, 0.3) is 0 Å². The molecule has 143 valence electrons. The van der Waals surface area contributed by atoms with Gasteiger partial charge < -0.3 is 9.47 Å². The van der Waals surface area contributed by atoms with E-state index in [2.05, 4.69) is 5.37 Å². The largest absolute Gasteiger partial charge is 0.482 e. The van der Waals surface area contributed by atoms with Crippen molar-refractivity contribution in [1.29, 1.82) is 0 Å². The standard InChI is InChI=1S/C19H20NO5S2/c1-15-8-10-18(11-9-15)27(22,23)20(2)12-17(14-26)25-19(21)13-24-16-6-4-3-5-7-16/h3-11,17H,12-13H2,1-2H3. The third-order valence-corrected chi connectivity index (χ3v) is 5.76. The summed E-state index contributed by atoms with van der Waals surface area (Å²) >= 11 is 4.76. The molecule has 1 radical (unpaired) electrons. The molecule has 0 spiro atoms. The number of aryl methyl sites for hydroxylation is 1. The van der Waals surface area contributed by atoms with Crippen LogP contribution in [0.15, 0.2) is 59.5 Å². The minimum atomic E-state index is -3.73. The highest BCUT2D eigenvalue weighted by atomic mass is 32.2. The molecule has 0 fully saturated rings. The molecule has 0 heterocycles. The Hall–Kier alpha value is -2.29. The summed E-state index contributed by atoms with van der Waals surface area (Å²) in [6, 6.07) is 15.3. The summed E-state index contributed by atoms with van der Waals surface area (Å²) in [7, 11) is -2.34. The molecule has 2 aromatic rings. The van der Waals surface area contributed by atoms with Crippen molar-refractivity contribution in [2.24, 2.45) is 0 Å². The lowest BCUT2D eigenvalue weighted by Crippen LogP contribution is -2.37. The van der Waals surface area contributed by atoms with Crippen LogP contribution in [0.25, 0.3) is 0 Å². The van der Waals surface area contributed by atoms with Crippen molar-refractivity contribution in [1.82, 2.24) is 4.31 Å². The van der Waals surface area contributed by atoms with Crippen LogP contribution in [0.5, 0.6) is 5.75 Å². The molecule has 0 bridgehead atoms. The van der Waals surface area contributed by atoms with E-state index in [1.165, 1.54) is 19.2 Å². The van der Waals surface area contributed by atoms with Gasteiger partial charge in [-0.2, -0.15) is 4.31 Å². The van der Waals surface area contributed by atoms with Gasteiger partial charge in [-0.25, -0.2) is 13.2 Å². The van der Waals surface area contributed by atoms with Crippen LogP contribution in [0, 0.1) is 6.92 Å². The van der Waals surface area contributed by atoms with Crippen molar-refractivity contribution in [3.63, 3.8) is 0 Å². The van der Waals surface area contributed by atoms with Gasteiger partial charge >= 0.3 is 5.97 Å². The summed E-state index contributed by atoms with van der Waals surface area (Å²) in [4.78, 5) is 12.1. The van der Waals surface area contributed by atoms with E-state index in [4.69, 9.17) is 21.7 Å². The number of para-hydroxylation sites is 1. The maximum Gasteiger partial charge on any atom is 0.344 e. The average Bonchev–Trinajstić information content (AvgIpc) is 2.66. The van der Waals surface area contributed by atoms with Crippen molar-refractivity contribution in [2.45, 2.75) is 17.9 Å². The Morgan fingerprint density at radius 2 is 1.78 bits per heavy atom. The van der Waals surface area contributed by atoms with E-state index in [1.807, 2.05) is 13.0 Å². The smallest absolute Gasteiger partial charge is 0.344 e. The Morgan fingerprint density at radius 3 is 2.37 bits per heavy atom. The summed E-state index contributed by atoms with van der Waals surface area (Å²) in [5.41, 5.74) is 0.953. The normalized spacial score (nSPS) is 12.4. The average molecular weight is 407 g/mol. The van der Waals surface area contributed by atoms with Crippen LogP contribution in [0.3, 0.4) is 0 Å². The molecule has 1 atom stereocenters. The van der Waals surface area contributed by atoms with Crippen LogP contribution in [0.1, 0.15) is 5.56 Å². The van der Waals surface area contributed by atoms with Crippen molar-refractivity contribution in [3.8, 4) is 5.75 Å². The van der Waals surface area contributed by atoms with Crippen LogP contribution in [0.2, 0.25) is 0 Å². The highest BCUT2D eigenvalue weighted by Crippen LogP contribution is 2.15. The lowest BCUT2D eigenvalue weighted by molar-refractivity contribution is -0.148. The third kappa shape index (κ3) is 6.13. The molecule has 0 saturated carbocycles. The SMILES string of the molecule is Cc1ccc(S(=O)(=O)N(C)CC([C]=S)OC(=O)COc2ccccc2)cc1. The molecule has 0 N–H and O–H groups in total. The monoisotopic (exact) mass is 406 g/mol. The molecular weight excluding hydrogens is 386 g/mol. The molecule has 2 aromatic carbocycles. The zero-order chi connectivity index (χ0) is 19.9. The van der Waals surface area contributed by atoms with Gasteiger partial charge in [-0.05, 0) is 31.2 Å². The molecule has 2 rings (SSSR count). The van der Waals surface area contributed by atoms with E-state index in [1.54, 1.807) is 36.4 Å². The second kappa shape index (κ2) is 9.59. The number of likely N-dealkylation sites (N-methyl/N-ethyl adjacent to an activating group) is 1. The van der Waals surface area contributed by atoms with Gasteiger partial charge in [-0.3, -0.25) is 0 Å². The van der Waals surface area contributed by atoms with E-state index in [0.717, 1.165) is 9.87 Å². The Labute approximate surface area is 164 Å². The zero-order valence-corrected chi connectivity index (χ0v) is 16.6. The number of hydrogen-bond donors (Lipinski definition) is 0. The first-order valence-electron chi connectivity index (χ1n) is 8.11. The number of nitrogens with zero attached hydrogens (tertiary/aromatic N) is 1. The number of carbonyl (C=O) groups excluding carboxylic acids is 1. The van der Waals surface area contributed by atoms with E-state index < -0.39 is 22.1 Å². The van der Waals surface area contributed by atoms with Gasteiger partial charge in [0.2, 0.25) is 10.0 Å². The fraction of sp³-hybridized carbons (Fsp3) is 0.263. The predicted molar refractivity (Wildman–Crippen MR) is 105 cm³/mol. The molecule has 0 aromatic heterocycles. The van der Waals surface area contributed by atoms with Crippen LogP contribution in [0.4, 0.5) is 0 Å². The van der Waals surface area contributed by atoms with Gasteiger partial charge in [-0.1, -0.05) is 48.1 Å². The molecule has 0 aliphatic rings. The summed E-state index contributed by atoms with van der Waals surface area (Å²) in [5.74, 6) is -0.140. The van der Waals surface area contributed by atoms with Crippen LogP contribution in [-0.4, -0.2) is 50.4 Å². The summed E-state index contributed by atoms with van der Waals surface area (Å²) < 4.78 is 36.7. The molecule has 0 aliphatic heterocycles. The molecular formula is C19H20NO5S2. The summed E-state index contributed by atoms with van der Waals surface area (Å²) in [6.45, 7) is 1.41. The van der Waals surface area contributed by atoms with E-state index in [9.17, 15) is 13.2 Å². The van der Waals surface area contributed by atoms with Gasteiger partial charge in [0.15, 0.2) is 12.7 Å². The third-order valence-electron chi connectivity index (χ3n) is 3.66. The highest BCUT2D eigenvalue weighted by molar-refractivity contribution is 7.89. The summed E-state index contributed by atoms with van der Waals surface area (Å²) in [6.07, 6.45) is -0.989. The van der Waals surface area contributed by atoms with Crippen molar-refractivity contribution in [2.75, 3.05) is 20.2 Å². The van der Waals surface area contributed by atoms with Crippen LogP contribution < -0.4 is 4.74 Å². The second-order valence-electron chi connectivity index (χ2n) is 5.80. The minimum Gasteiger partial charge on any atom is -0.482 e. The highest BCUT2D eigenvalue weighted by Gasteiger charge is 2.25. The van der Waals surface area contributed by atoms with Crippen molar-refractivity contribution >= 4 is 33.6 Å². The number of thiocarbonyl (C=S) groups is 1. The van der Waals surface area contributed by atoms with Crippen molar-refractivity contribution < 1.29 is 22.7 Å². The molecule has 0 aliphatic carbocycles. The minimum absolute atomic E-state index is 0.142. The predicted octanol–water partition coefficient (Wildman–Crippen LogP) is 2.48. The fourth-order valence-electron chi connectivity index (χ4n) is 2.17. The molecule has 8 heteroatoms. The Morgan fingerprint density at radius 1 is 1.15 bits per heavy atom.